The van der Waals surface area contributed by atoms with Crippen LogP contribution in [-0.4, -0.2) is 9.97 Å². The number of ether oxygens (including phenoxy) is 1. The number of rotatable bonds is 1. The SMILES string of the molecule is Cc1ccc2nc(Cl)c([C@@H]3C(C#N)=C(N)Oc4c3ccc3cccnc43)cc2c1. The zero-order chi connectivity index (χ0) is 20.1. The van der Waals surface area contributed by atoms with E-state index in [4.69, 9.17) is 22.1 Å². The zero-order valence-corrected chi connectivity index (χ0v) is 16.2. The molecule has 6 heteroatoms. The summed E-state index contributed by atoms with van der Waals surface area (Å²) in [5, 5.41) is 12.0. The van der Waals surface area contributed by atoms with Crippen molar-refractivity contribution in [3.63, 3.8) is 0 Å². The van der Waals surface area contributed by atoms with E-state index < -0.39 is 5.92 Å². The summed E-state index contributed by atoms with van der Waals surface area (Å²) in [5.41, 5.74) is 10.6. The summed E-state index contributed by atoms with van der Waals surface area (Å²) in [5.74, 6) is 0.119. The van der Waals surface area contributed by atoms with E-state index in [0.717, 1.165) is 27.4 Å². The number of fused-ring (bicyclic) bond motifs is 4. The van der Waals surface area contributed by atoms with Crippen molar-refractivity contribution >= 4 is 33.4 Å². The first-order valence-electron chi connectivity index (χ1n) is 9.09. The number of hydrogen-bond acceptors (Lipinski definition) is 5. The fraction of sp³-hybridized carbons (Fsp3) is 0.0870. The molecule has 5 rings (SSSR count). The minimum atomic E-state index is -0.486. The molecule has 1 aliphatic heterocycles. The Kier molecular flexibility index (Phi) is 3.90. The van der Waals surface area contributed by atoms with Crippen molar-refractivity contribution in [3.8, 4) is 11.8 Å². The molecule has 0 saturated heterocycles. The minimum absolute atomic E-state index is 0.0589. The van der Waals surface area contributed by atoms with Gasteiger partial charge in [0.1, 0.15) is 22.3 Å². The van der Waals surface area contributed by atoms with E-state index in [1.54, 1.807) is 6.20 Å². The summed E-state index contributed by atoms with van der Waals surface area (Å²) in [6.45, 7) is 2.02. The Balaban J connectivity index is 1.82. The number of pyridine rings is 2. The van der Waals surface area contributed by atoms with Gasteiger partial charge in [-0.2, -0.15) is 5.26 Å². The van der Waals surface area contributed by atoms with Gasteiger partial charge in [0.2, 0.25) is 5.88 Å². The summed E-state index contributed by atoms with van der Waals surface area (Å²) in [6.07, 6.45) is 1.70. The highest BCUT2D eigenvalue weighted by atomic mass is 35.5. The lowest BCUT2D eigenvalue weighted by Gasteiger charge is -2.27. The third-order valence-corrected chi connectivity index (χ3v) is 5.52. The maximum atomic E-state index is 9.83. The van der Waals surface area contributed by atoms with Gasteiger partial charge >= 0.3 is 0 Å². The first-order valence-corrected chi connectivity index (χ1v) is 9.46. The molecule has 0 saturated carbocycles. The number of hydrogen-bond donors (Lipinski definition) is 1. The average molecular weight is 399 g/mol. The summed E-state index contributed by atoms with van der Waals surface area (Å²) in [4.78, 5) is 9.01. The number of halogens is 1. The van der Waals surface area contributed by atoms with Gasteiger partial charge in [-0.1, -0.05) is 41.4 Å². The van der Waals surface area contributed by atoms with Gasteiger partial charge in [0, 0.05) is 28.1 Å². The van der Waals surface area contributed by atoms with Crippen LogP contribution in [0.15, 0.2) is 66.2 Å². The van der Waals surface area contributed by atoms with Crippen molar-refractivity contribution in [1.29, 1.82) is 5.26 Å². The lowest BCUT2D eigenvalue weighted by atomic mass is 9.83. The van der Waals surface area contributed by atoms with E-state index >= 15 is 0 Å². The van der Waals surface area contributed by atoms with Crippen molar-refractivity contribution in [2.45, 2.75) is 12.8 Å². The predicted molar refractivity (Wildman–Crippen MR) is 113 cm³/mol. The molecule has 4 aromatic rings. The molecule has 3 heterocycles. The Bertz CT molecular complexity index is 1390. The third-order valence-electron chi connectivity index (χ3n) is 5.22. The van der Waals surface area contributed by atoms with E-state index in [0.29, 0.717) is 27.6 Å². The average Bonchev–Trinajstić information content (AvgIpc) is 2.72. The molecular weight excluding hydrogens is 384 g/mol. The van der Waals surface area contributed by atoms with Crippen molar-refractivity contribution in [2.75, 3.05) is 0 Å². The monoisotopic (exact) mass is 398 g/mol. The van der Waals surface area contributed by atoms with Gasteiger partial charge in [0.15, 0.2) is 5.75 Å². The summed E-state index contributed by atoms with van der Waals surface area (Å²) in [6, 6.07) is 17.9. The molecule has 2 aromatic carbocycles. The molecular formula is C23H15ClN4O. The molecule has 140 valence electrons. The van der Waals surface area contributed by atoms with Gasteiger partial charge in [-0.25, -0.2) is 4.98 Å². The van der Waals surface area contributed by atoms with Crippen LogP contribution in [0.2, 0.25) is 5.15 Å². The van der Waals surface area contributed by atoms with Gasteiger partial charge in [-0.05, 0) is 31.2 Å². The first kappa shape index (κ1) is 17.5. The molecule has 2 aromatic heterocycles. The molecule has 0 unspecified atom stereocenters. The Morgan fingerprint density at radius 1 is 1.10 bits per heavy atom. The van der Waals surface area contributed by atoms with Crippen molar-refractivity contribution in [3.05, 3.63) is 88.0 Å². The Labute approximate surface area is 172 Å². The maximum absolute atomic E-state index is 9.83. The normalized spacial score (nSPS) is 15.8. The number of allylic oxidation sites excluding steroid dienone is 1. The third kappa shape index (κ3) is 2.69. The van der Waals surface area contributed by atoms with Crippen molar-refractivity contribution in [1.82, 2.24) is 9.97 Å². The molecule has 0 fully saturated rings. The van der Waals surface area contributed by atoms with E-state index in [9.17, 15) is 5.26 Å². The molecule has 0 spiro atoms. The van der Waals surface area contributed by atoms with Crippen molar-refractivity contribution < 1.29 is 4.74 Å². The minimum Gasteiger partial charge on any atom is -0.438 e. The van der Waals surface area contributed by atoms with Crippen molar-refractivity contribution in [2.24, 2.45) is 5.73 Å². The van der Waals surface area contributed by atoms with E-state index in [1.807, 2.05) is 55.5 Å². The fourth-order valence-corrected chi connectivity index (χ4v) is 4.12. The number of aryl methyl sites for hydroxylation is 1. The maximum Gasteiger partial charge on any atom is 0.205 e. The van der Waals surface area contributed by atoms with E-state index in [2.05, 4.69) is 16.0 Å². The second-order valence-electron chi connectivity index (χ2n) is 7.05. The van der Waals surface area contributed by atoms with E-state index in [1.165, 1.54) is 0 Å². The largest absolute Gasteiger partial charge is 0.438 e. The number of benzene rings is 2. The van der Waals surface area contributed by atoms with Gasteiger partial charge in [-0.15, -0.1) is 0 Å². The lowest BCUT2D eigenvalue weighted by Crippen LogP contribution is -2.21. The molecule has 1 aliphatic rings. The molecule has 29 heavy (non-hydrogen) atoms. The molecule has 0 aliphatic carbocycles. The zero-order valence-electron chi connectivity index (χ0n) is 15.5. The van der Waals surface area contributed by atoms with Crippen LogP contribution < -0.4 is 10.5 Å². The second kappa shape index (κ2) is 6.47. The van der Waals surface area contributed by atoms with Crippen LogP contribution in [0, 0.1) is 18.3 Å². The smallest absolute Gasteiger partial charge is 0.205 e. The molecule has 0 bridgehead atoms. The van der Waals surface area contributed by atoms with Crippen LogP contribution in [0.3, 0.4) is 0 Å². The van der Waals surface area contributed by atoms with Crippen LogP contribution in [-0.2, 0) is 0 Å². The predicted octanol–water partition coefficient (Wildman–Crippen LogP) is 4.96. The highest BCUT2D eigenvalue weighted by Crippen LogP contribution is 2.46. The van der Waals surface area contributed by atoms with Gasteiger partial charge in [0.25, 0.3) is 0 Å². The Hall–Kier alpha value is -3.62. The first-order chi connectivity index (χ1) is 14.1. The Morgan fingerprint density at radius 2 is 1.97 bits per heavy atom. The van der Waals surface area contributed by atoms with Crippen LogP contribution in [0.5, 0.6) is 5.75 Å². The molecule has 5 nitrogen and oxygen atoms in total. The van der Waals surface area contributed by atoms with Crippen LogP contribution in [0.4, 0.5) is 0 Å². The van der Waals surface area contributed by atoms with E-state index in [-0.39, 0.29) is 5.88 Å². The van der Waals surface area contributed by atoms with Gasteiger partial charge < -0.3 is 10.5 Å². The summed E-state index contributed by atoms with van der Waals surface area (Å²) < 4.78 is 5.86. The second-order valence-corrected chi connectivity index (χ2v) is 7.41. The molecule has 2 N–H and O–H groups in total. The highest BCUT2D eigenvalue weighted by Gasteiger charge is 2.33. The van der Waals surface area contributed by atoms with Crippen LogP contribution in [0.25, 0.3) is 21.8 Å². The number of nitriles is 1. The van der Waals surface area contributed by atoms with Gasteiger partial charge in [0.05, 0.1) is 11.4 Å². The summed E-state index contributed by atoms with van der Waals surface area (Å²) >= 11 is 6.59. The number of aromatic nitrogens is 2. The number of nitrogens with zero attached hydrogens (tertiary/aromatic N) is 3. The molecule has 0 amide bonds. The van der Waals surface area contributed by atoms with Gasteiger partial charge in [-0.3, -0.25) is 4.98 Å². The topological polar surface area (TPSA) is 84.8 Å². The molecule has 1 atom stereocenters. The highest BCUT2D eigenvalue weighted by molar-refractivity contribution is 6.30. The van der Waals surface area contributed by atoms with Crippen LogP contribution in [0.1, 0.15) is 22.6 Å². The fourth-order valence-electron chi connectivity index (χ4n) is 3.87. The Morgan fingerprint density at radius 3 is 2.79 bits per heavy atom. The standard InChI is InChI=1S/C23H15ClN4O/c1-12-4-7-18-14(9-12)10-16(22(24)28-18)19-15-6-5-13-3-2-8-27-20(13)21(15)29-23(26)17(19)11-25/h2-10,19H,26H2,1H3/t19-/m1/s1. The summed E-state index contributed by atoms with van der Waals surface area (Å²) in [7, 11) is 0. The van der Waals surface area contributed by atoms with Crippen LogP contribution >= 0.6 is 11.6 Å². The lowest BCUT2D eigenvalue weighted by molar-refractivity contribution is 0.397. The quantitative estimate of drug-likeness (QED) is 0.458. The molecule has 0 radical (unpaired) electrons. The number of nitrogens with two attached hydrogens (primary N) is 1.